The molecule has 1 amide bonds. The number of piperidine rings is 1. The molecule has 1 saturated heterocycles. The fourth-order valence-electron chi connectivity index (χ4n) is 4.60. The van der Waals surface area contributed by atoms with Gasteiger partial charge in [-0.25, -0.2) is 4.98 Å². The van der Waals surface area contributed by atoms with Crippen LogP contribution in [0.3, 0.4) is 0 Å². The predicted molar refractivity (Wildman–Crippen MR) is 146 cm³/mol. The van der Waals surface area contributed by atoms with Crippen LogP contribution in [0.4, 0.5) is 22.7 Å². The van der Waals surface area contributed by atoms with Crippen LogP contribution in [0.5, 0.6) is 0 Å². The number of anilines is 4. The first-order valence-electron chi connectivity index (χ1n) is 12.1. The van der Waals surface area contributed by atoms with Crippen molar-refractivity contribution in [2.45, 2.75) is 19.8 Å². The van der Waals surface area contributed by atoms with Crippen LogP contribution in [0.1, 0.15) is 28.9 Å². The summed E-state index contributed by atoms with van der Waals surface area (Å²) in [5.74, 6) is 0.193. The highest BCUT2D eigenvalue weighted by Crippen LogP contribution is 2.38. The molecule has 1 atom stereocenters. The summed E-state index contributed by atoms with van der Waals surface area (Å²) in [6, 6.07) is 15.9. The SMILES string of the molecule is Cc1c(Nc2ccccc2)ccc(NC(=O)c2csc(-c3ccnnc3)n2)c1N1CCC[C@@H](CN)C1. The van der Waals surface area contributed by atoms with Crippen LogP contribution in [-0.4, -0.2) is 40.7 Å². The largest absolute Gasteiger partial charge is 0.369 e. The van der Waals surface area contributed by atoms with Crippen molar-refractivity contribution in [3.05, 3.63) is 77.6 Å². The monoisotopic (exact) mass is 499 g/mol. The number of aromatic nitrogens is 3. The molecule has 0 aliphatic carbocycles. The van der Waals surface area contributed by atoms with E-state index in [0.717, 1.165) is 64.8 Å². The van der Waals surface area contributed by atoms with E-state index in [1.165, 1.54) is 11.3 Å². The minimum Gasteiger partial charge on any atom is -0.369 e. The number of benzene rings is 2. The van der Waals surface area contributed by atoms with E-state index >= 15 is 0 Å². The fraction of sp³-hybridized carbons (Fsp3) is 0.259. The number of carbonyl (C=O) groups excluding carboxylic acids is 1. The Bertz CT molecular complexity index is 1330. The lowest BCUT2D eigenvalue weighted by Gasteiger charge is -2.36. The molecule has 2 aromatic carbocycles. The van der Waals surface area contributed by atoms with Crippen molar-refractivity contribution in [2.24, 2.45) is 11.7 Å². The average Bonchev–Trinajstić information content (AvgIpc) is 3.42. The Morgan fingerprint density at radius 1 is 1.14 bits per heavy atom. The zero-order valence-corrected chi connectivity index (χ0v) is 21.0. The fourth-order valence-corrected chi connectivity index (χ4v) is 5.39. The predicted octanol–water partition coefficient (Wildman–Crippen LogP) is 5.08. The van der Waals surface area contributed by atoms with Gasteiger partial charge in [-0.15, -0.1) is 11.3 Å². The molecule has 0 radical (unpaired) electrons. The van der Waals surface area contributed by atoms with Crippen LogP contribution < -0.4 is 21.3 Å². The molecule has 5 rings (SSSR count). The van der Waals surface area contributed by atoms with Gasteiger partial charge in [-0.1, -0.05) is 18.2 Å². The van der Waals surface area contributed by atoms with Gasteiger partial charge in [-0.05, 0) is 68.1 Å². The summed E-state index contributed by atoms with van der Waals surface area (Å²) < 4.78 is 0. The second-order valence-corrected chi connectivity index (χ2v) is 9.80. The summed E-state index contributed by atoms with van der Waals surface area (Å²) in [5.41, 5.74) is 12.1. The Hall–Kier alpha value is -3.82. The molecule has 0 spiro atoms. The van der Waals surface area contributed by atoms with Gasteiger partial charge in [-0.3, -0.25) is 4.79 Å². The number of nitrogens with zero attached hydrogens (tertiary/aromatic N) is 4. The molecule has 1 aliphatic rings. The number of rotatable bonds is 7. The summed E-state index contributed by atoms with van der Waals surface area (Å²) in [4.78, 5) is 20.1. The lowest BCUT2D eigenvalue weighted by atomic mass is 9.96. The minimum absolute atomic E-state index is 0.240. The number of thiazole rings is 1. The van der Waals surface area contributed by atoms with Gasteiger partial charge in [0, 0.05) is 35.4 Å². The highest BCUT2D eigenvalue weighted by molar-refractivity contribution is 7.13. The van der Waals surface area contributed by atoms with E-state index in [0.29, 0.717) is 18.2 Å². The zero-order valence-electron chi connectivity index (χ0n) is 20.1. The standard InChI is InChI=1S/C27H29N7OS/c1-18-22(31-21-7-3-2-4-8-21)9-10-23(25(18)34-13-5-6-19(14-28)16-34)32-26(35)24-17-36-27(33-24)20-11-12-29-30-15-20/h2-4,7-12,15,17,19,31H,5-6,13-14,16,28H2,1H3,(H,32,35)/t19-/m0/s1. The third-order valence-electron chi connectivity index (χ3n) is 6.47. The molecular formula is C27H29N7OS. The van der Waals surface area contributed by atoms with Crippen LogP contribution in [0.15, 0.2) is 66.3 Å². The van der Waals surface area contributed by atoms with Crippen molar-refractivity contribution in [3.63, 3.8) is 0 Å². The van der Waals surface area contributed by atoms with Crippen molar-refractivity contribution in [1.82, 2.24) is 15.2 Å². The first-order chi connectivity index (χ1) is 17.6. The van der Waals surface area contributed by atoms with Crippen molar-refractivity contribution >= 4 is 40.0 Å². The van der Waals surface area contributed by atoms with Gasteiger partial charge >= 0.3 is 0 Å². The summed E-state index contributed by atoms with van der Waals surface area (Å²) in [6.45, 7) is 4.54. The first-order valence-corrected chi connectivity index (χ1v) is 12.9. The first kappa shape index (κ1) is 23.9. The molecule has 4 N–H and O–H groups in total. The lowest BCUT2D eigenvalue weighted by molar-refractivity contribution is 0.102. The highest BCUT2D eigenvalue weighted by atomic mass is 32.1. The third kappa shape index (κ3) is 5.22. The van der Waals surface area contributed by atoms with Crippen LogP contribution in [0.25, 0.3) is 10.6 Å². The van der Waals surface area contributed by atoms with Crippen molar-refractivity contribution in [2.75, 3.05) is 35.2 Å². The summed E-state index contributed by atoms with van der Waals surface area (Å²) >= 11 is 1.41. The Kier molecular flexibility index (Phi) is 7.20. The number of carbonyl (C=O) groups is 1. The number of para-hydroxylation sites is 1. The molecule has 0 bridgehead atoms. The molecule has 8 nitrogen and oxygen atoms in total. The number of nitrogens with two attached hydrogens (primary N) is 1. The maximum absolute atomic E-state index is 13.3. The van der Waals surface area contributed by atoms with Crippen LogP contribution >= 0.6 is 11.3 Å². The van der Waals surface area contributed by atoms with Gasteiger partial charge in [-0.2, -0.15) is 10.2 Å². The summed E-state index contributed by atoms with van der Waals surface area (Å²) in [5, 5.41) is 16.9. The van der Waals surface area contributed by atoms with E-state index in [-0.39, 0.29) is 5.91 Å². The van der Waals surface area contributed by atoms with E-state index in [1.54, 1.807) is 17.8 Å². The molecule has 1 fully saturated rings. The highest BCUT2D eigenvalue weighted by Gasteiger charge is 2.25. The van der Waals surface area contributed by atoms with Gasteiger partial charge in [0.15, 0.2) is 0 Å². The van der Waals surface area contributed by atoms with E-state index in [2.05, 4.69) is 37.6 Å². The Labute approximate surface area is 214 Å². The average molecular weight is 500 g/mol. The smallest absolute Gasteiger partial charge is 0.275 e. The quantitative estimate of drug-likeness (QED) is 0.325. The van der Waals surface area contributed by atoms with E-state index in [1.807, 2.05) is 48.5 Å². The Balaban J connectivity index is 1.45. The molecule has 4 aromatic rings. The molecule has 36 heavy (non-hydrogen) atoms. The van der Waals surface area contributed by atoms with Gasteiger partial charge < -0.3 is 21.3 Å². The molecule has 0 saturated carbocycles. The molecule has 3 heterocycles. The van der Waals surface area contributed by atoms with Crippen molar-refractivity contribution in [1.29, 1.82) is 0 Å². The van der Waals surface area contributed by atoms with Gasteiger partial charge in [0.25, 0.3) is 5.91 Å². The Morgan fingerprint density at radius 2 is 1.97 bits per heavy atom. The van der Waals surface area contributed by atoms with Gasteiger partial charge in [0.2, 0.25) is 0 Å². The normalized spacial score (nSPS) is 15.5. The number of nitrogens with one attached hydrogen (secondary N) is 2. The van der Waals surface area contributed by atoms with Gasteiger partial charge in [0.1, 0.15) is 10.7 Å². The third-order valence-corrected chi connectivity index (χ3v) is 7.36. The van der Waals surface area contributed by atoms with Crippen LogP contribution in [0.2, 0.25) is 0 Å². The van der Waals surface area contributed by atoms with E-state index in [4.69, 9.17) is 5.73 Å². The van der Waals surface area contributed by atoms with E-state index in [9.17, 15) is 4.79 Å². The maximum Gasteiger partial charge on any atom is 0.275 e. The van der Waals surface area contributed by atoms with E-state index < -0.39 is 0 Å². The number of amides is 1. The number of hydrogen-bond donors (Lipinski definition) is 3. The molecule has 2 aromatic heterocycles. The molecular weight excluding hydrogens is 470 g/mol. The van der Waals surface area contributed by atoms with Crippen LogP contribution in [-0.2, 0) is 0 Å². The molecule has 1 aliphatic heterocycles. The number of hydrogen-bond acceptors (Lipinski definition) is 8. The maximum atomic E-state index is 13.3. The minimum atomic E-state index is -0.240. The summed E-state index contributed by atoms with van der Waals surface area (Å²) in [6.07, 6.45) is 5.45. The van der Waals surface area contributed by atoms with Crippen LogP contribution in [0, 0.1) is 12.8 Å². The lowest BCUT2D eigenvalue weighted by Crippen LogP contribution is -2.39. The zero-order chi connectivity index (χ0) is 24.9. The topological polar surface area (TPSA) is 109 Å². The Morgan fingerprint density at radius 3 is 2.75 bits per heavy atom. The summed E-state index contributed by atoms with van der Waals surface area (Å²) in [7, 11) is 0. The van der Waals surface area contributed by atoms with Crippen molar-refractivity contribution in [3.8, 4) is 10.6 Å². The molecule has 9 heteroatoms. The second kappa shape index (κ2) is 10.8. The second-order valence-electron chi connectivity index (χ2n) is 8.94. The van der Waals surface area contributed by atoms with Gasteiger partial charge in [0.05, 0.1) is 23.8 Å². The van der Waals surface area contributed by atoms with Crippen molar-refractivity contribution < 1.29 is 4.79 Å². The molecule has 184 valence electrons. The molecule has 0 unspecified atom stereocenters.